The van der Waals surface area contributed by atoms with Gasteiger partial charge in [-0.2, -0.15) is 0 Å². The first-order valence-electron chi connectivity index (χ1n) is 21.6. The van der Waals surface area contributed by atoms with Gasteiger partial charge in [0.05, 0.1) is 51.9 Å². The average molecular weight is 817 g/mol. The number of nitrogens with zero attached hydrogens (tertiary/aromatic N) is 6. The van der Waals surface area contributed by atoms with Crippen molar-refractivity contribution < 1.29 is 23.5 Å². The van der Waals surface area contributed by atoms with Gasteiger partial charge in [-0.25, -0.2) is 19.2 Å². The van der Waals surface area contributed by atoms with Crippen molar-refractivity contribution in [1.82, 2.24) is 35.1 Å². The van der Waals surface area contributed by atoms with Crippen LogP contribution in [0.25, 0.3) is 22.1 Å². The fourth-order valence-corrected chi connectivity index (χ4v) is 9.95. The van der Waals surface area contributed by atoms with Gasteiger partial charge in [0.25, 0.3) is 0 Å². The van der Waals surface area contributed by atoms with Crippen molar-refractivity contribution in [2.24, 2.45) is 0 Å². The van der Waals surface area contributed by atoms with Crippen molar-refractivity contribution in [1.29, 1.82) is 0 Å². The number of aromatic nitrogens is 4. The number of hydrogen-bond acceptors (Lipinski definition) is 8. The lowest BCUT2D eigenvalue weighted by atomic mass is 10.0. The van der Waals surface area contributed by atoms with E-state index in [0.29, 0.717) is 24.6 Å². The molecule has 4 atom stereocenters. The molecular weight excluding hydrogens is 762 g/mol. The number of piperidine rings is 1. The van der Waals surface area contributed by atoms with E-state index in [2.05, 4.69) is 74.5 Å². The van der Waals surface area contributed by atoms with Gasteiger partial charge in [0.15, 0.2) is 0 Å². The van der Waals surface area contributed by atoms with Crippen molar-refractivity contribution in [3.8, 4) is 0 Å². The molecule has 60 heavy (non-hydrogen) atoms. The number of anilines is 2. The Balaban J connectivity index is 1.01. The number of nitrogens with one attached hydrogen (secondary N) is 3. The van der Waals surface area contributed by atoms with E-state index >= 15 is 4.39 Å². The summed E-state index contributed by atoms with van der Waals surface area (Å²) >= 11 is 0. The summed E-state index contributed by atoms with van der Waals surface area (Å²) in [7, 11) is 0. The minimum absolute atomic E-state index is 0.0537. The minimum atomic E-state index is -0.659. The Kier molecular flexibility index (Phi) is 10.7. The van der Waals surface area contributed by atoms with E-state index in [1.54, 1.807) is 36.6 Å². The number of aromatic amines is 2. The minimum Gasteiger partial charge on any atom is -0.444 e. The number of amides is 3. The van der Waals surface area contributed by atoms with Crippen LogP contribution in [-0.2, 0) is 14.3 Å². The predicted octanol–water partition coefficient (Wildman–Crippen LogP) is 8.34. The molecule has 6 heterocycles. The number of imidazole rings is 2. The Labute approximate surface area is 350 Å². The van der Waals surface area contributed by atoms with Crippen LogP contribution in [0.2, 0.25) is 0 Å². The van der Waals surface area contributed by atoms with Gasteiger partial charge in [-0.05, 0) is 132 Å². The van der Waals surface area contributed by atoms with Crippen molar-refractivity contribution in [2.45, 2.75) is 108 Å². The molecule has 0 bridgehead atoms. The van der Waals surface area contributed by atoms with Crippen molar-refractivity contribution in [2.75, 3.05) is 42.5 Å². The molecule has 13 nitrogen and oxygen atoms in total. The number of halogens is 1. The first-order chi connectivity index (χ1) is 28.9. The number of alkyl carbamates (subject to hydrolysis) is 1. The Morgan fingerprint density at radius 2 is 1.33 bits per heavy atom. The average Bonchev–Trinajstić information content (AvgIpc) is 4.07. The number of rotatable bonds is 8. The second-order valence-electron chi connectivity index (χ2n) is 17.8. The molecule has 0 saturated carbocycles. The zero-order chi connectivity index (χ0) is 41.7. The quantitative estimate of drug-likeness (QED) is 0.142. The second-order valence-corrected chi connectivity index (χ2v) is 17.8. The van der Waals surface area contributed by atoms with E-state index in [0.717, 1.165) is 109 Å². The van der Waals surface area contributed by atoms with Crippen LogP contribution in [0.3, 0.4) is 0 Å². The lowest BCUT2D eigenvalue weighted by Gasteiger charge is -2.34. The molecule has 4 aliphatic heterocycles. The van der Waals surface area contributed by atoms with Gasteiger partial charge in [-0.3, -0.25) is 9.59 Å². The fourth-order valence-electron chi connectivity index (χ4n) is 9.95. The van der Waals surface area contributed by atoms with E-state index in [-0.39, 0.29) is 48.3 Å². The van der Waals surface area contributed by atoms with Crippen molar-refractivity contribution >= 4 is 51.3 Å². The lowest BCUT2D eigenvalue weighted by Crippen LogP contribution is -2.41. The zero-order valence-corrected chi connectivity index (χ0v) is 34.8. The van der Waals surface area contributed by atoms with Crippen LogP contribution in [0, 0.1) is 12.7 Å². The maximum absolute atomic E-state index is 16.2. The SMILES string of the molecule is [CH2]C(=O)N1CCC[C@H]1c1nc2cc([C@@H]3CC[C@@H](c4ccc5[nH]c([C@@H]6CCCN6C(=O)CNC(=O)OC(C)(C)C)nc5c4)N3c3ccc(N4CCCCC4)c(F)c3)ccc2[nH]1. The topological polar surface area (TPSA) is 143 Å². The highest BCUT2D eigenvalue weighted by molar-refractivity contribution is 5.84. The smallest absolute Gasteiger partial charge is 0.408 e. The van der Waals surface area contributed by atoms with Gasteiger partial charge in [0.2, 0.25) is 11.8 Å². The second kappa shape index (κ2) is 16.1. The third kappa shape index (κ3) is 7.88. The summed E-state index contributed by atoms with van der Waals surface area (Å²) in [6.45, 7) is 11.8. The van der Waals surface area contributed by atoms with Crippen LogP contribution < -0.4 is 15.1 Å². The first-order valence-corrected chi connectivity index (χ1v) is 21.6. The number of likely N-dealkylation sites (tertiary alicyclic amines) is 2. The Morgan fingerprint density at radius 1 is 0.750 bits per heavy atom. The van der Waals surface area contributed by atoms with Gasteiger partial charge in [0, 0.05) is 38.8 Å². The highest BCUT2D eigenvalue weighted by Crippen LogP contribution is 2.48. The zero-order valence-electron chi connectivity index (χ0n) is 34.8. The molecule has 3 amide bonds. The third-order valence-corrected chi connectivity index (χ3v) is 12.7. The van der Waals surface area contributed by atoms with Gasteiger partial charge in [-0.1, -0.05) is 12.1 Å². The third-order valence-electron chi connectivity index (χ3n) is 12.7. The summed E-state index contributed by atoms with van der Waals surface area (Å²) in [6.07, 6.45) is 7.72. The van der Waals surface area contributed by atoms with Crippen LogP contribution >= 0.6 is 0 Å². The largest absolute Gasteiger partial charge is 0.444 e. The number of H-pyrrole nitrogens is 2. The Morgan fingerprint density at radius 3 is 1.90 bits per heavy atom. The Hall–Kier alpha value is -5.66. The number of benzene rings is 3. The van der Waals surface area contributed by atoms with Gasteiger partial charge >= 0.3 is 6.09 Å². The molecule has 0 aliphatic carbocycles. The fraction of sp³-hybridized carbons (Fsp3) is 0.478. The van der Waals surface area contributed by atoms with E-state index in [9.17, 15) is 14.4 Å². The van der Waals surface area contributed by atoms with E-state index in [1.807, 2.05) is 6.07 Å². The molecule has 3 aromatic carbocycles. The molecule has 4 fully saturated rings. The molecule has 4 aliphatic rings. The summed E-state index contributed by atoms with van der Waals surface area (Å²) in [4.78, 5) is 63.0. The molecule has 0 unspecified atom stereocenters. The summed E-state index contributed by atoms with van der Waals surface area (Å²) in [5.41, 5.74) is 6.42. The molecular formula is C46H55FN9O4. The highest BCUT2D eigenvalue weighted by atomic mass is 19.1. The van der Waals surface area contributed by atoms with Gasteiger partial charge in [-0.15, -0.1) is 0 Å². The summed E-state index contributed by atoms with van der Waals surface area (Å²) < 4.78 is 21.5. The molecule has 4 saturated heterocycles. The number of hydrogen-bond donors (Lipinski definition) is 3. The van der Waals surface area contributed by atoms with E-state index in [4.69, 9.17) is 14.7 Å². The number of ether oxygens (including phenoxy) is 1. The summed E-state index contributed by atoms with van der Waals surface area (Å²) in [5.74, 6) is 0.913. The van der Waals surface area contributed by atoms with Gasteiger partial charge < -0.3 is 39.6 Å². The summed E-state index contributed by atoms with van der Waals surface area (Å²) in [5, 5.41) is 2.60. The number of fused-ring (bicyclic) bond motifs is 2. The van der Waals surface area contributed by atoms with Crippen LogP contribution in [0.1, 0.15) is 126 Å². The normalized spacial score (nSPS) is 22.4. The lowest BCUT2D eigenvalue weighted by molar-refractivity contribution is -0.131. The molecule has 3 N–H and O–H groups in total. The van der Waals surface area contributed by atoms with Crippen LogP contribution in [0.4, 0.5) is 20.6 Å². The maximum Gasteiger partial charge on any atom is 0.408 e. The first kappa shape index (κ1) is 39.8. The molecule has 0 spiro atoms. The molecule has 315 valence electrons. The molecule has 14 heteroatoms. The molecule has 9 rings (SSSR count). The van der Waals surface area contributed by atoms with E-state index in [1.165, 1.54) is 6.42 Å². The Bertz CT molecular complexity index is 2420. The molecule has 5 aromatic rings. The monoisotopic (exact) mass is 816 g/mol. The van der Waals surface area contributed by atoms with Crippen LogP contribution in [0.15, 0.2) is 54.6 Å². The summed E-state index contributed by atoms with van der Waals surface area (Å²) in [6, 6.07) is 17.9. The van der Waals surface area contributed by atoms with Crippen molar-refractivity contribution in [3.05, 3.63) is 90.1 Å². The van der Waals surface area contributed by atoms with Crippen molar-refractivity contribution in [3.63, 3.8) is 0 Å². The number of carbonyl (C=O) groups excluding carboxylic acids is 3. The molecule has 1 radical (unpaired) electrons. The van der Waals surface area contributed by atoms with E-state index < -0.39 is 11.7 Å². The standard InChI is InChI=1S/C46H55FN9O4/c1-28(57)54-22-8-10-40(54)43-49-33-15-12-29(24-35(33)51-43)37-18-19-38(56(37)31-14-17-39(32(47)26-31)53-20-6-5-7-21-53)30-13-16-34-36(25-30)52-44(50-34)41-11-9-23-55(41)42(58)27-48-45(59)60-46(2,3)4/h12-17,24-26,37-38,40-41H,1,5-11,18-23,27H2,2-4H3,(H,48,59)(H,49,51)(H,50,52)/t37-,38-,40-,41-/m0/s1. The predicted molar refractivity (Wildman–Crippen MR) is 229 cm³/mol. The van der Waals surface area contributed by atoms with Gasteiger partial charge in [0.1, 0.15) is 29.6 Å². The maximum atomic E-state index is 16.2. The molecule has 2 aromatic heterocycles. The van der Waals surface area contributed by atoms with Crippen LogP contribution in [0.5, 0.6) is 0 Å². The number of carbonyl (C=O) groups is 3. The highest BCUT2D eigenvalue weighted by Gasteiger charge is 2.38. The van der Waals surface area contributed by atoms with Crippen LogP contribution in [-0.4, -0.2) is 86.0 Å².